The van der Waals surface area contributed by atoms with Crippen LogP contribution in [-0.2, 0) is 32.6 Å². The summed E-state index contributed by atoms with van der Waals surface area (Å²) < 4.78 is 49.3. The van der Waals surface area contributed by atoms with Crippen LogP contribution in [0.25, 0.3) is 0 Å². The van der Waals surface area contributed by atoms with Crippen LogP contribution in [0.3, 0.4) is 0 Å². The molecule has 4 aromatic rings. The molecule has 0 heterocycles. The maximum atomic E-state index is 14.7. The molecule has 0 radical (unpaired) electrons. The monoisotopic (exact) mass is 671 g/mol. The van der Waals surface area contributed by atoms with E-state index in [9.17, 15) is 22.4 Å². The van der Waals surface area contributed by atoms with Crippen molar-refractivity contribution >= 4 is 27.5 Å². The highest BCUT2D eigenvalue weighted by Crippen LogP contribution is 2.34. The number of halogens is 1. The molecular weight excluding hydrogens is 629 g/mol. The van der Waals surface area contributed by atoms with Gasteiger partial charge in [0.25, 0.3) is 10.0 Å². The summed E-state index contributed by atoms with van der Waals surface area (Å²) in [5.41, 5.74) is 3.28. The molecule has 1 aliphatic rings. The van der Waals surface area contributed by atoms with Crippen molar-refractivity contribution in [2.45, 2.75) is 69.5 Å². The molecule has 1 fully saturated rings. The lowest BCUT2D eigenvalue weighted by Gasteiger charge is -2.34. The number of sulfonamides is 1. The fourth-order valence-corrected chi connectivity index (χ4v) is 7.47. The van der Waals surface area contributed by atoms with Crippen LogP contribution in [0.4, 0.5) is 10.1 Å². The number of nitrogens with zero attached hydrogens (tertiary/aromatic N) is 2. The highest BCUT2D eigenvalue weighted by molar-refractivity contribution is 7.92. The van der Waals surface area contributed by atoms with Crippen molar-refractivity contribution in [1.29, 1.82) is 0 Å². The Bertz CT molecular complexity index is 1810. The molecule has 1 saturated carbocycles. The molecule has 0 unspecified atom stereocenters. The number of hydrogen-bond acceptors (Lipinski definition) is 5. The van der Waals surface area contributed by atoms with Gasteiger partial charge in [0.15, 0.2) is 0 Å². The van der Waals surface area contributed by atoms with Gasteiger partial charge in [-0.05, 0) is 79.8 Å². The number of rotatable bonds is 13. The molecule has 0 aliphatic heterocycles. The van der Waals surface area contributed by atoms with Gasteiger partial charge in [-0.25, -0.2) is 12.8 Å². The first kappa shape index (κ1) is 34.6. The van der Waals surface area contributed by atoms with Gasteiger partial charge >= 0.3 is 0 Å². The molecule has 1 atom stereocenters. The second-order valence-corrected chi connectivity index (χ2v) is 14.2. The summed E-state index contributed by atoms with van der Waals surface area (Å²) in [5.74, 6) is -1.07. The second kappa shape index (κ2) is 15.5. The zero-order chi connectivity index (χ0) is 34.3. The lowest BCUT2D eigenvalue weighted by molar-refractivity contribution is -0.140. The Morgan fingerprint density at radius 1 is 0.875 bits per heavy atom. The van der Waals surface area contributed by atoms with E-state index in [4.69, 9.17) is 4.74 Å². The van der Waals surface area contributed by atoms with E-state index in [1.807, 2.05) is 44.2 Å². The average Bonchev–Trinajstić information content (AvgIpc) is 3.59. The highest BCUT2D eigenvalue weighted by Gasteiger charge is 2.36. The smallest absolute Gasteiger partial charge is 0.264 e. The van der Waals surface area contributed by atoms with Gasteiger partial charge in [0.2, 0.25) is 11.8 Å². The van der Waals surface area contributed by atoms with Crippen molar-refractivity contribution in [3.05, 3.63) is 125 Å². The van der Waals surface area contributed by atoms with E-state index in [-0.39, 0.29) is 41.2 Å². The fraction of sp³-hybridized carbons (Fsp3) is 0.316. The molecule has 0 saturated heterocycles. The van der Waals surface area contributed by atoms with Crippen molar-refractivity contribution in [2.24, 2.45) is 0 Å². The molecule has 1 N–H and O–H groups in total. The molecule has 0 spiro atoms. The van der Waals surface area contributed by atoms with Crippen LogP contribution in [0.2, 0.25) is 0 Å². The van der Waals surface area contributed by atoms with Crippen LogP contribution in [0, 0.1) is 19.7 Å². The first-order chi connectivity index (χ1) is 23.0. The SMILES string of the molecule is COc1ccc(C)cc1N(CC(=O)N(Cc1ccc(F)cc1)[C@@H](Cc1ccccc1)C(=O)NC1CCCC1)S(=O)(=O)c1ccc(C)cc1. The summed E-state index contributed by atoms with van der Waals surface area (Å²) in [5, 5.41) is 3.16. The Kier molecular flexibility index (Phi) is 11.2. The standard InChI is InChI=1S/C38H42FN3O5S/c1-27-13-20-33(21-14-27)48(45,46)42(34-23-28(2)15-22-36(34)47-3)26-37(43)41(25-30-16-18-31(39)19-17-30)35(24-29-9-5-4-6-10-29)38(44)40-32-11-7-8-12-32/h4-6,9-10,13-23,32,35H,7-8,11-12,24-26H2,1-3H3,(H,40,44)/t35-/m0/s1. The number of amides is 2. The summed E-state index contributed by atoms with van der Waals surface area (Å²) in [6.45, 7) is 3.03. The normalized spacial score (nSPS) is 13.9. The first-order valence-corrected chi connectivity index (χ1v) is 17.6. The minimum atomic E-state index is -4.30. The summed E-state index contributed by atoms with van der Waals surface area (Å²) in [6.07, 6.45) is 3.93. The summed E-state index contributed by atoms with van der Waals surface area (Å²) in [7, 11) is -2.85. The molecule has 2 amide bonds. The van der Waals surface area contributed by atoms with Gasteiger partial charge in [-0.1, -0.05) is 79.1 Å². The van der Waals surface area contributed by atoms with Crippen LogP contribution >= 0.6 is 0 Å². The van der Waals surface area contributed by atoms with Gasteiger partial charge < -0.3 is 15.0 Å². The molecule has 1 aliphatic carbocycles. The number of benzene rings is 4. The first-order valence-electron chi connectivity index (χ1n) is 16.2. The molecular formula is C38H42FN3O5S. The van der Waals surface area contributed by atoms with Gasteiger partial charge in [0, 0.05) is 19.0 Å². The molecule has 10 heteroatoms. The minimum Gasteiger partial charge on any atom is -0.495 e. The lowest BCUT2D eigenvalue weighted by atomic mass is 10.0. The molecule has 252 valence electrons. The van der Waals surface area contributed by atoms with Crippen LogP contribution in [0.1, 0.15) is 47.9 Å². The van der Waals surface area contributed by atoms with E-state index in [1.54, 1.807) is 42.5 Å². The zero-order valence-electron chi connectivity index (χ0n) is 27.6. The number of methoxy groups -OCH3 is 1. The van der Waals surface area contributed by atoms with Crippen molar-refractivity contribution in [3.63, 3.8) is 0 Å². The molecule has 5 rings (SSSR count). The van der Waals surface area contributed by atoms with E-state index in [0.29, 0.717) is 5.56 Å². The van der Waals surface area contributed by atoms with Gasteiger partial charge in [-0.15, -0.1) is 0 Å². The van der Waals surface area contributed by atoms with E-state index >= 15 is 0 Å². The van der Waals surface area contributed by atoms with E-state index in [0.717, 1.165) is 46.7 Å². The van der Waals surface area contributed by atoms with Crippen LogP contribution in [0.15, 0.2) is 102 Å². The summed E-state index contributed by atoms with van der Waals surface area (Å²) in [6, 6.07) is 25.7. The van der Waals surface area contributed by atoms with Crippen LogP contribution in [-0.4, -0.2) is 50.9 Å². The fourth-order valence-electron chi connectivity index (χ4n) is 6.05. The zero-order valence-corrected chi connectivity index (χ0v) is 28.4. The van der Waals surface area contributed by atoms with Crippen LogP contribution in [0.5, 0.6) is 5.75 Å². The van der Waals surface area contributed by atoms with Gasteiger partial charge in [0.1, 0.15) is 24.2 Å². The number of hydrogen-bond donors (Lipinski definition) is 1. The van der Waals surface area contributed by atoms with Crippen molar-refractivity contribution in [2.75, 3.05) is 18.0 Å². The molecule has 48 heavy (non-hydrogen) atoms. The van der Waals surface area contributed by atoms with E-state index in [2.05, 4.69) is 5.32 Å². The third-order valence-corrected chi connectivity index (χ3v) is 10.5. The predicted molar refractivity (Wildman–Crippen MR) is 185 cm³/mol. The van der Waals surface area contributed by atoms with Crippen LogP contribution < -0.4 is 14.4 Å². The predicted octanol–water partition coefficient (Wildman–Crippen LogP) is 6.35. The molecule has 0 bridgehead atoms. The third-order valence-electron chi connectivity index (χ3n) is 8.73. The Labute approximate surface area is 282 Å². The Morgan fingerprint density at radius 3 is 2.17 bits per heavy atom. The van der Waals surface area contributed by atoms with Gasteiger partial charge in [0.05, 0.1) is 17.7 Å². The number of ether oxygens (including phenoxy) is 1. The molecule has 4 aromatic carbocycles. The number of carbonyl (C=O) groups is 2. The maximum absolute atomic E-state index is 14.7. The Hall–Kier alpha value is -4.70. The summed E-state index contributed by atoms with van der Waals surface area (Å²) >= 11 is 0. The number of aryl methyl sites for hydroxylation is 2. The second-order valence-electron chi connectivity index (χ2n) is 12.3. The summed E-state index contributed by atoms with van der Waals surface area (Å²) in [4.78, 5) is 30.3. The number of carbonyl (C=O) groups excluding carboxylic acids is 2. The largest absolute Gasteiger partial charge is 0.495 e. The average molecular weight is 672 g/mol. The maximum Gasteiger partial charge on any atom is 0.264 e. The third kappa shape index (κ3) is 8.41. The van der Waals surface area contributed by atoms with Gasteiger partial charge in [-0.3, -0.25) is 13.9 Å². The lowest BCUT2D eigenvalue weighted by Crippen LogP contribution is -2.54. The van der Waals surface area contributed by atoms with Gasteiger partial charge in [-0.2, -0.15) is 0 Å². The number of anilines is 1. The topological polar surface area (TPSA) is 96.0 Å². The van der Waals surface area contributed by atoms with E-state index in [1.165, 1.54) is 36.3 Å². The van der Waals surface area contributed by atoms with Crippen molar-refractivity contribution in [1.82, 2.24) is 10.2 Å². The van der Waals surface area contributed by atoms with Crippen molar-refractivity contribution < 1.29 is 27.1 Å². The minimum absolute atomic E-state index is 0.00600. The quantitative estimate of drug-likeness (QED) is 0.179. The van der Waals surface area contributed by atoms with Crippen molar-refractivity contribution in [3.8, 4) is 5.75 Å². The highest BCUT2D eigenvalue weighted by atomic mass is 32.2. The Morgan fingerprint density at radius 2 is 1.52 bits per heavy atom. The Balaban J connectivity index is 1.60. The molecule has 0 aromatic heterocycles. The number of nitrogens with one attached hydrogen (secondary N) is 1. The van der Waals surface area contributed by atoms with E-state index < -0.39 is 34.3 Å². The molecule has 8 nitrogen and oxygen atoms in total.